The number of hydrazone groups is 1. The second kappa shape index (κ2) is 5.91. The van der Waals surface area contributed by atoms with Crippen molar-refractivity contribution in [3.05, 3.63) is 24.2 Å². The van der Waals surface area contributed by atoms with E-state index in [0.717, 1.165) is 6.42 Å². The highest BCUT2D eigenvalue weighted by molar-refractivity contribution is 6.39. The minimum absolute atomic E-state index is 0.0141. The lowest BCUT2D eigenvalue weighted by Gasteiger charge is -2.18. The Morgan fingerprint density at radius 3 is 3.04 bits per heavy atom. The third-order valence-corrected chi connectivity index (χ3v) is 4.17. The largest absolute Gasteiger partial charge is 0.459 e. The van der Waals surface area contributed by atoms with E-state index in [-0.39, 0.29) is 17.7 Å². The minimum Gasteiger partial charge on any atom is -0.459 e. The van der Waals surface area contributed by atoms with Crippen LogP contribution in [0.15, 0.2) is 32.4 Å². The van der Waals surface area contributed by atoms with Crippen LogP contribution in [0.1, 0.15) is 31.0 Å². The van der Waals surface area contributed by atoms with Crippen molar-refractivity contribution in [2.75, 3.05) is 13.1 Å². The van der Waals surface area contributed by atoms with E-state index in [1.807, 2.05) is 0 Å². The van der Waals surface area contributed by atoms with E-state index in [9.17, 15) is 9.59 Å². The second-order valence-electron chi connectivity index (χ2n) is 5.77. The average molecular weight is 329 g/mol. The zero-order valence-electron chi connectivity index (χ0n) is 12.8. The van der Waals surface area contributed by atoms with Crippen molar-refractivity contribution in [3.63, 3.8) is 0 Å². The van der Waals surface area contributed by atoms with Crippen molar-refractivity contribution in [1.82, 2.24) is 20.5 Å². The smallest absolute Gasteiger partial charge is 0.293 e. The molecule has 2 aliphatic rings. The second-order valence-corrected chi connectivity index (χ2v) is 5.77. The zero-order chi connectivity index (χ0) is 16.5. The van der Waals surface area contributed by atoms with Crippen LogP contribution in [0, 0.1) is 0 Å². The van der Waals surface area contributed by atoms with Crippen LogP contribution in [0.2, 0.25) is 0 Å². The molecule has 9 nitrogen and oxygen atoms in total. The molecular formula is C15H15N5O4. The molecule has 0 bridgehead atoms. The quantitative estimate of drug-likeness (QED) is 0.895. The van der Waals surface area contributed by atoms with Gasteiger partial charge in [-0.25, -0.2) is 5.43 Å². The van der Waals surface area contributed by atoms with Gasteiger partial charge in [-0.1, -0.05) is 5.16 Å². The van der Waals surface area contributed by atoms with Gasteiger partial charge in [0.05, 0.1) is 6.26 Å². The highest BCUT2D eigenvalue weighted by Gasteiger charge is 2.33. The summed E-state index contributed by atoms with van der Waals surface area (Å²) in [5.74, 6) is 1.12. The molecule has 0 saturated carbocycles. The molecular weight excluding hydrogens is 314 g/mol. The van der Waals surface area contributed by atoms with E-state index in [2.05, 4.69) is 20.7 Å². The van der Waals surface area contributed by atoms with E-state index in [1.165, 1.54) is 0 Å². The Kier molecular flexibility index (Phi) is 3.60. The maximum Gasteiger partial charge on any atom is 0.293 e. The number of rotatable bonds is 3. The maximum atomic E-state index is 12.4. The van der Waals surface area contributed by atoms with Gasteiger partial charge in [0.1, 0.15) is 5.71 Å². The van der Waals surface area contributed by atoms with Crippen LogP contribution in [0.4, 0.5) is 0 Å². The van der Waals surface area contributed by atoms with Gasteiger partial charge in [0.15, 0.2) is 11.6 Å². The third-order valence-electron chi connectivity index (χ3n) is 4.17. The molecule has 1 atom stereocenters. The molecule has 2 aliphatic heterocycles. The topological polar surface area (TPSA) is 114 Å². The van der Waals surface area contributed by atoms with Crippen molar-refractivity contribution in [2.24, 2.45) is 5.10 Å². The Bertz CT molecular complexity index is 795. The number of aromatic nitrogens is 2. The summed E-state index contributed by atoms with van der Waals surface area (Å²) in [6.45, 7) is 1.10. The van der Waals surface area contributed by atoms with E-state index in [0.29, 0.717) is 49.1 Å². The molecule has 1 N–H and O–H groups in total. The number of hydrogen-bond acceptors (Lipinski definition) is 7. The van der Waals surface area contributed by atoms with E-state index in [1.54, 1.807) is 23.3 Å². The normalized spacial score (nSPS) is 20.8. The number of amides is 2. The molecule has 4 rings (SSSR count). The molecule has 0 unspecified atom stereocenters. The lowest BCUT2D eigenvalue weighted by molar-refractivity contribution is -0.123. The van der Waals surface area contributed by atoms with Crippen molar-refractivity contribution in [3.8, 4) is 11.7 Å². The fourth-order valence-corrected chi connectivity index (χ4v) is 2.87. The Balaban J connectivity index is 1.43. The molecule has 4 heterocycles. The molecule has 0 aromatic carbocycles. The average Bonchev–Trinajstić information content (AvgIpc) is 3.33. The summed E-state index contributed by atoms with van der Waals surface area (Å²) in [4.78, 5) is 29.6. The standard InChI is InChI=1S/C15H15N5O4/c21-12-4-3-10(17-18-12)15(22)20-6-5-9(8-20)13-16-14(24-19-13)11-2-1-7-23-11/h1-2,7,9H,3-6,8H2,(H,18,21)/t9-/m1/s1. The van der Waals surface area contributed by atoms with Crippen molar-refractivity contribution < 1.29 is 18.5 Å². The van der Waals surface area contributed by atoms with Crippen molar-refractivity contribution >= 4 is 17.5 Å². The van der Waals surface area contributed by atoms with Gasteiger partial charge in [-0.2, -0.15) is 10.1 Å². The molecule has 2 aromatic heterocycles. The molecule has 24 heavy (non-hydrogen) atoms. The van der Waals surface area contributed by atoms with Crippen LogP contribution in [-0.2, 0) is 9.59 Å². The third kappa shape index (κ3) is 2.68. The summed E-state index contributed by atoms with van der Waals surface area (Å²) in [6.07, 6.45) is 2.96. The first-order chi connectivity index (χ1) is 11.7. The summed E-state index contributed by atoms with van der Waals surface area (Å²) in [5, 5.41) is 7.85. The summed E-state index contributed by atoms with van der Waals surface area (Å²) in [7, 11) is 0. The SMILES string of the molecule is O=C1CCC(C(=O)N2CC[C@@H](c3noc(-c4ccco4)n3)C2)=NN1. The summed E-state index contributed by atoms with van der Waals surface area (Å²) >= 11 is 0. The molecule has 2 amide bonds. The van der Waals surface area contributed by atoms with Crippen LogP contribution in [0.3, 0.4) is 0 Å². The van der Waals surface area contributed by atoms with Crippen LogP contribution >= 0.6 is 0 Å². The molecule has 9 heteroatoms. The number of likely N-dealkylation sites (tertiary alicyclic amines) is 1. The number of hydrogen-bond donors (Lipinski definition) is 1. The first kappa shape index (κ1) is 14.6. The number of carbonyl (C=O) groups excluding carboxylic acids is 2. The van der Waals surface area contributed by atoms with Crippen LogP contribution in [0.5, 0.6) is 0 Å². The van der Waals surface area contributed by atoms with E-state index >= 15 is 0 Å². The Morgan fingerprint density at radius 1 is 1.38 bits per heavy atom. The van der Waals surface area contributed by atoms with Crippen LogP contribution in [0.25, 0.3) is 11.7 Å². The van der Waals surface area contributed by atoms with Gasteiger partial charge in [-0.15, -0.1) is 0 Å². The predicted octanol–water partition coefficient (Wildman–Crippen LogP) is 0.911. The zero-order valence-corrected chi connectivity index (χ0v) is 12.8. The van der Waals surface area contributed by atoms with Crippen molar-refractivity contribution in [1.29, 1.82) is 0 Å². The molecule has 1 saturated heterocycles. The minimum atomic E-state index is -0.164. The predicted molar refractivity (Wildman–Crippen MR) is 80.7 cm³/mol. The van der Waals surface area contributed by atoms with Crippen LogP contribution in [-0.4, -0.2) is 45.7 Å². The van der Waals surface area contributed by atoms with Gasteiger partial charge < -0.3 is 13.8 Å². The Labute approximate surface area is 136 Å². The van der Waals surface area contributed by atoms with Gasteiger partial charge in [-0.3, -0.25) is 9.59 Å². The van der Waals surface area contributed by atoms with Crippen molar-refractivity contribution in [2.45, 2.75) is 25.2 Å². The molecule has 0 radical (unpaired) electrons. The van der Waals surface area contributed by atoms with Gasteiger partial charge in [-0.05, 0) is 18.6 Å². The monoisotopic (exact) mass is 329 g/mol. The first-order valence-electron chi connectivity index (χ1n) is 7.73. The summed E-state index contributed by atoms with van der Waals surface area (Å²) < 4.78 is 10.4. The lowest BCUT2D eigenvalue weighted by Crippen LogP contribution is -2.39. The first-order valence-corrected chi connectivity index (χ1v) is 7.73. The van der Waals surface area contributed by atoms with E-state index < -0.39 is 0 Å². The van der Waals surface area contributed by atoms with Crippen LogP contribution < -0.4 is 5.43 Å². The summed E-state index contributed by atoms with van der Waals surface area (Å²) in [5.41, 5.74) is 2.74. The summed E-state index contributed by atoms with van der Waals surface area (Å²) in [6, 6.07) is 3.50. The van der Waals surface area contributed by atoms with Gasteiger partial charge >= 0.3 is 0 Å². The van der Waals surface area contributed by atoms with Gasteiger partial charge in [0.2, 0.25) is 5.91 Å². The molecule has 124 valence electrons. The fraction of sp³-hybridized carbons (Fsp3) is 0.400. The lowest BCUT2D eigenvalue weighted by atomic mass is 10.1. The number of carbonyl (C=O) groups is 2. The molecule has 2 aromatic rings. The van der Waals surface area contributed by atoms with Gasteiger partial charge in [0, 0.05) is 31.8 Å². The van der Waals surface area contributed by atoms with E-state index in [4.69, 9.17) is 8.94 Å². The molecule has 0 spiro atoms. The maximum absolute atomic E-state index is 12.4. The van der Waals surface area contributed by atoms with Gasteiger partial charge in [0.25, 0.3) is 11.8 Å². The fourth-order valence-electron chi connectivity index (χ4n) is 2.87. The Hall–Kier alpha value is -2.97. The molecule has 0 aliphatic carbocycles. The highest BCUT2D eigenvalue weighted by atomic mass is 16.5. The number of nitrogens with one attached hydrogen (secondary N) is 1. The molecule has 1 fully saturated rings. The number of nitrogens with zero attached hydrogens (tertiary/aromatic N) is 4. The Morgan fingerprint density at radius 2 is 2.29 bits per heavy atom. The number of furan rings is 1. The highest BCUT2D eigenvalue weighted by Crippen LogP contribution is 2.27.